The summed E-state index contributed by atoms with van der Waals surface area (Å²) < 4.78 is 0. The quantitative estimate of drug-likeness (QED) is 0.827. The smallest absolute Gasteiger partial charge is 0.0595 e. The van der Waals surface area contributed by atoms with E-state index >= 15 is 0 Å². The number of rotatable bonds is 4. The van der Waals surface area contributed by atoms with Crippen molar-refractivity contribution in [2.45, 2.75) is 39.3 Å². The normalized spacial score (nSPS) is 15.0. The Morgan fingerprint density at radius 3 is 2.40 bits per heavy atom. The van der Waals surface area contributed by atoms with E-state index in [1.54, 1.807) is 0 Å². The molecule has 2 unspecified atom stereocenters. The lowest BCUT2D eigenvalue weighted by molar-refractivity contribution is 0.469. The van der Waals surface area contributed by atoms with Gasteiger partial charge in [-0.25, -0.2) is 0 Å². The van der Waals surface area contributed by atoms with E-state index in [-0.39, 0.29) is 0 Å². The molecule has 0 amide bonds. The van der Waals surface area contributed by atoms with Gasteiger partial charge in [0.2, 0.25) is 0 Å². The van der Waals surface area contributed by atoms with Crippen molar-refractivity contribution in [1.82, 2.24) is 5.32 Å². The summed E-state index contributed by atoms with van der Waals surface area (Å²) in [7, 11) is 0. The van der Waals surface area contributed by atoms with Crippen molar-refractivity contribution >= 4 is 23.2 Å². The molecule has 2 atom stereocenters. The van der Waals surface area contributed by atoms with Crippen molar-refractivity contribution in [2.24, 2.45) is 0 Å². The highest BCUT2D eigenvalue weighted by molar-refractivity contribution is 6.42. The van der Waals surface area contributed by atoms with Gasteiger partial charge in [0.25, 0.3) is 0 Å². The largest absolute Gasteiger partial charge is 0.308 e. The summed E-state index contributed by atoms with van der Waals surface area (Å²) in [5.74, 6) is 0. The van der Waals surface area contributed by atoms with Gasteiger partial charge >= 0.3 is 0 Å². The van der Waals surface area contributed by atoms with Crippen LogP contribution in [0.1, 0.15) is 38.8 Å². The predicted octanol–water partition coefficient (Wildman–Crippen LogP) is 4.44. The Labute approximate surface area is 102 Å². The molecule has 1 aromatic carbocycles. The number of hydrogen-bond donors (Lipinski definition) is 1. The van der Waals surface area contributed by atoms with Gasteiger partial charge in [0.05, 0.1) is 10.0 Å². The first-order valence-electron chi connectivity index (χ1n) is 5.25. The fourth-order valence-electron chi connectivity index (χ4n) is 1.42. The van der Waals surface area contributed by atoms with Gasteiger partial charge < -0.3 is 5.32 Å². The van der Waals surface area contributed by atoms with Crippen molar-refractivity contribution in [1.29, 1.82) is 0 Å². The van der Waals surface area contributed by atoms with Gasteiger partial charge in [0.15, 0.2) is 0 Å². The first-order valence-corrected chi connectivity index (χ1v) is 6.01. The number of hydrogen-bond acceptors (Lipinski definition) is 1. The molecule has 0 radical (unpaired) electrons. The predicted molar refractivity (Wildman–Crippen MR) is 67.8 cm³/mol. The summed E-state index contributed by atoms with van der Waals surface area (Å²) >= 11 is 11.8. The molecule has 0 saturated heterocycles. The van der Waals surface area contributed by atoms with Crippen molar-refractivity contribution in [2.75, 3.05) is 0 Å². The molecular formula is C12H17Cl2N. The Hall–Kier alpha value is -0.240. The summed E-state index contributed by atoms with van der Waals surface area (Å²) in [6.45, 7) is 6.47. The number of halogens is 2. The van der Waals surface area contributed by atoms with Crippen LogP contribution in [0.25, 0.3) is 0 Å². The van der Waals surface area contributed by atoms with Crippen LogP contribution < -0.4 is 5.32 Å². The zero-order valence-corrected chi connectivity index (χ0v) is 10.9. The fourth-order valence-corrected chi connectivity index (χ4v) is 1.73. The maximum Gasteiger partial charge on any atom is 0.0595 e. The van der Waals surface area contributed by atoms with E-state index in [4.69, 9.17) is 23.2 Å². The average molecular weight is 246 g/mol. The van der Waals surface area contributed by atoms with Gasteiger partial charge in [0, 0.05) is 12.1 Å². The molecule has 0 aliphatic carbocycles. The summed E-state index contributed by atoms with van der Waals surface area (Å²) in [5, 5.41) is 4.72. The topological polar surface area (TPSA) is 12.0 Å². The monoisotopic (exact) mass is 245 g/mol. The molecule has 0 bridgehead atoms. The van der Waals surface area contributed by atoms with E-state index in [0.29, 0.717) is 22.1 Å². The van der Waals surface area contributed by atoms with Crippen LogP contribution in [-0.2, 0) is 0 Å². The highest BCUT2D eigenvalue weighted by atomic mass is 35.5. The van der Waals surface area contributed by atoms with Crippen LogP contribution in [0.5, 0.6) is 0 Å². The molecule has 84 valence electrons. The lowest BCUT2D eigenvalue weighted by atomic mass is 10.1. The molecule has 0 spiro atoms. The minimum Gasteiger partial charge on any atom is -0.308 e. The third-order valence-corrected chi connectivity index (χ3v) is 3.33. The molecule has 0 heterocycles. The maximum atomic E-state index is 5.97. The zero-order valence-electron chi connectivity index (χ0n) is 9.35. The van der Waals surface area contributed by atoms with Gasteiger partial charge in [-0.1, -0.05) is 36.2 Å². The van der Waals surface area contributed by atoms with Crippen molar-refractivity contribution in [3.63, 3.8) is 0 Å². The summed E-state index contributed by atoms with van der Waals surface area (Å²) in [4.78, 5) is 0. The van der Waals surface area contributed by atoms with E-state index in [2.05, 4.69) is 26.1 Å². The van der Waals surface area contributed by atoms with Crippen LogP contribution in [0.2, 0.25) is 10.0 Å². The van der Waals surface area contributed by atoms with Crippen LogP contribution in [0.4, 0.5) is 0 Å². The summed E-state index contributed by atoms with van der Waals surface area (Å²) in [5.41, 5.74) is 1.17. The third kappa shape index (κ3) is 3.67. The second-order valence-electron chi connectivity index (χ2n) is 3.87. The molecule has 0 aliphatic heterocycles. The molecular weight excluding hydrogens is 229 g/mol. The minimum absolute atomic E-state index is 0.301. The summed E-state index contributed by atoms with van der Waals surface area (Å²) in [6, 6.07) is 6.58. The second kappa shape index (κ2) is 5.74. The van der Waals surface area contributed by atoms with Crippen molar-refractivity contribution < 1.29 is 0 Å². The fraction of sp³-hybridized carbons (Fsp3) is 0.500. The van der Waals surface area contributed by atoms with Gasteiger partial charge in [0.1, 0.15) is 0 Å². The molecule has 1 nitrogen and oxygen atoms in total. The third-order valence-electron chi connectivity index (χ3n) is 2.59. The van der Waals surface area contributed by atoms with Crippen LogP contribution >= 0.6 is 23.2 Å². The lowest BCUT2D eigenvalue weighted by Gasteiger charge is -2.19. The van der Waals surface area contributed by atoms with Gasteiger partial charge in [-0.15, -0.1) is 0 Å². The van der Waals surface area contributed by atoms with Crippen LogP contribution in [0, 0.1) is 0 Å². The van der Waals surface area contributed by atoms with Gasteiger partial charge in [-0.3, -0.25) is 0 Å². The zero-order chi connectivity index (χ0) is 11.4. The van der Waals surface area contributed by atoms with E-state index in [0.717, 1.165) is 6.42 Å². The highest BCUT2D eigenvalue weighted by Gasteiger charge is 2.09. The first kappa shape index (κ1) is 12.8. The molecule has 15 heavy (non-hydrogen) atoms. The van der Waals surface area contributed by atoms with Crippen molar-refractivity contribution in [3.05, 3.63) is 33.8 Å². The molecule has 0 saturated carbocycles. The van der Waals surface area contributed by atoms with Gasteiger partial charge in [-0.05, 0) is 38.0 Å². The molecule has 1 N–H and O–H groups in total. The lowest BCUT2D eigenvalue weighted by Crippen LogP contribution is -2.28. The molecule has 0 aliphatic rings. The maximum absolute atomic E-state index is 5.97. The molecule has 1 aromatic rings. The molecule has 3 heteroatoms. The van der Waals surface area contributed by atoms with Crippen LogP contribution in [0.15, 0.2) is 18.2 Å². The Morgan fingerprint density at radius 2 is 1.87 bits per heavy atom. The van der Waals surface area contributed by atoms with Crippen LogP contribution in [0.3, 0.4) is 0 Å². The second-order valence-corrected chi connectivity index (χ2v) is 4.69. The number of benzene rings is 1. The Morgan fingerprint density at radius 1 is 1.20 bits per heavy atom. The van der Waals surface area contributed by atoms with Crippen molar-refractivity contribution in [3.8, 4) is 0 Å². The highest BCUT2D eigenvalue weighted by Crippen LogP contribution is 2.25. The Kier molecular flexibility index (Phi) is 4.91. The van der Waals surface area contributed by atoms with E-state index < -0.39 is 0 Å². The standard InChI is InChI=1S/C12H17Cl2N/c1-4-8(2)15-9(3)10-5-6-11(13)12(14)7-10/h5-9,15H,4H2,1-3H3. The van der Waals surface area contributed by atoms with Gasteiger partial charge in [-0.2, -0.15) is 0 Å². The molecule has 0 aromatic heterocycles. The minimum atomic E-state index is 0.301. The van der Waals surface area contributed by atoms with E-state index in [9.17, 15) is 0 Å². The van der Waals surface area contributed by atoms with E-state index in [1.807, 2.05) is 18.2 Å². The Bertz CT molecular complexity index is 325. The number of nitrogens with one attached hydrogen (secondary N) is 1. The SMILES string of the molecule is CCC(C)NC(C)c1ccc(Cl)c(Cl)c1. The molecule has 0 fully saturated rings. The van der Waals surface area contributed by atoms with Crippen LogP contribution in [-0.4, -0.2) is 6.04 Å². The average Bonchev–Trinajstić information content (AvgIpc) is 2.21. The van der Waals surface area contributed by atoms with E-state index in [1.165, 1.54) is 5.56 Å². The summed E-state index contributed by atoms with van der Waals surface area (Å²) in [6.07, 6.45) is 1.12. The molecule has 1 rings (SSSR count). The first-order chi connectivity index (χ1) is 7.04. The Balaban J connectivity index is 2.73.